The molecule has 4 nitrogen and oxygen atoms in total. The molecule has 0 amide bonds. The van der Waals surface area contributed by atoms with Gasteiger partial charge in [0, 0.05) is 12.0 Å². The van der Waals surface area contributed by atoms with Crippen LogP contribution in [0.3, 0.4) is 0 Å². The summed E-state index contributed by atoms with van der Waals surface area (Å²) >= 11 is 1.34. The molecule has 0 unspecified atom stereocenters. The van der Waals surface area contributed by atoms with Gasteiger partial charge in [0.2, 0.25) is 0 Å². The molecule has 0 atom stereocenters. The topological polar surface area (TPSA) is 55.1 Å². The highest BCUT2D eigenvalue weighted by atomic mass is 32.2. The van der Waals surface area contributed by atoms with Gasteiger partial charge in [0.1, 0.15) is 0 Å². The van der Waals surface area contributed by atoms with Crippen molar-refractivity contribution >= 4 is 17.7 Å². The number of nitrogens with zero attached hydrogens (tertiary/aromatic N) is 2. The Hall–Kier alpha value is -0.970. The van der Waals surface area contributed by atoms with Gasteiger partial charge in [-0.3, -0.25) is 9.48 Å². The number of aliphatic carboxylic acids is 1. The van der Waals surface area contributed by atoms with Crippen molar-refractivity contribution in [1.82, 2.24) is 9.78 Å². The molecule has 0 aliphatic rings. The molecule has 0 spiro atoms. The molecule has 1 heterocycles. The van der Waals surface area contributed by atoms with Crippen LogP contribution in [0.15, 0.2) is 11.1 Å². The third-order valence-corrected chi connectivity index (χ3v) is 3.59. The van der Waals surface area contributed by atoms with Crippen molar-refractivity contribution in [3.63, 3.8) is 0 Å². The van der Waals surface area contributed by atoms with Gasteiger partial charge in [0.15, 0.2) is 0 Å². The first-order chi connectivity index (χ1) is 8.34. The molecule has 5 heteroatoms. The molecular formula is C13H22N2O2S. The number of rotatable bonds is 6. The molecule has 0 bridgehead atoms. The molecule has 0 aliphatic heterocycles. The van der Waals surface area contributed by atoms with E-state index in [0.717, 1.165) is 30.1 Å². The van der Waals surface area contributed by atoms with E-state index in [0.29, 0.717) is 0 Å². The van der Waals surface area contributed by atoms with Crippen LogP contribution in [-0.2, 0) is 16.8 Å². The Morgan fingerprint density at radius 2 is 2.17 bits per heavy atom. The van der Waals surface area contributed by atoms with Crippen LogP contribution in [-0.4, -0.2) is 26.6 Å². The summed E-state index contributed by atoms with van der Waals surface area (Å²) in [5.74, 6) is -0.706. The molecule has 0 radical (unpaired) electrons. The first-order valence-electron chi connectivity index (χ1n) is 6.27. The summed E-state index contributed by atoms with van der Waals surface area (Å²) in [5.41, 5.74) is 1.02. The van der Waals surface area contributed by atoms with Crippen LogP contribution in [0.5, 0.6) is 0 Å². The van der Waals surface area contributed by atoms with Crippen LogP contribution in [0, 0.1) is 0 Å². The van der Waals surface area contributed by atoms with E-state index < -0.39 is 5.97 Å². The second kappa shape index (κ2) is 6.27. The first-order valence-corrected chi connectivity index (χ1v) is 7.26. The van der Waals surface area contributed by atoms with E-state index >= 15 is 0 Å². The van der Waals surface area contributed by atoms with Gasteiger partial charge in [-0.25, -0.2) is 0 Å². The van der Waals surface area contributed by atoms with Crippen LogP contribution in [0.1, 0.15) is 46.2 Å². The van der Waals surface area contributed by atoms with Gasteiger partial charge in [-0.15, -0.1) is 0 Å². The molecule has 1 aromatic heterocycles. The van der Waals surface area contributed by atoms with Gasteiger partial charge in [-0.1, -0.05) is 45.9 Å². The van der Waals surface area contributed by atoms with Crippen molar-refractivity contribution in [1.29, 1.82) is 0 Å². The lowest BCUT2D eigenvalue weighted by Crippen LogP contribution is -2.13. The van der Waals surface area contributed by atoms with Gasteiger partial charge in [-0.05, 0) is 12.5 Å². The van der Waals surface area contributed by atoms with Crippen LogP contribution >= 0.6 is 11.8 Å². The Morgan fingerprint density at radius 3 is 2.67 bits per heavy atom. The van der Waals surface area contributed by atoms with Gasteiger partial charge in [0.25, 0.3) is 0 Å². The minimum absolute atomic E-state index is 0.00397. The molecule has 18 heavy (non-hydrogen) atoms. The number of thioether (sulfide) groups is 1. The predicted molar refractivity (Wildman–Crippen MR) is 74.2 cm³/mol. The SMILES string of the molecule is CCCCn1nc(C(C)(C)C)cc1SCC(=O)O. The number of unbranched alkanes of at least 4 members (excludes halogenated alkanes) is 1. The second-order valence-electron chi connectivity index (χ2n) is 5.38. The number of hydrogen-bond acceptors (Lipinski definition) is 3. The van der Waals surface area contributed by atoms with E-state index in [-0.39, 0.29) is 11.2 Å². The van der Waals surface area contributed by atoms with Gasteiger partial charge < -0.3 is 5.11 Å². The first kappa shape index (κ1) is 15.1. The van der Waals surface area contributed by atoms with E-state index in [1.807, 2.05) is 10.7 Å². The molecule has 1 rings (SSSR count). The standard InChI is InChI=1S/C13H22N2O2S/c1-5-6-7-15-11(18-9-12(16)17)8-10(14-15)13(2,3)4/h8H,5-7,9H2,1-4H3,(H,16,17). The van der Waals surface area contributed by atoms with Crippen molar-refractivity contribution in [2.75, 3.05) is 5.75 Å². The molecule has 0 saturated heterocycles. The van der Waals surface area contributed by atoms with E-state index in [9.17, 15) is 4.79 Å². The average molecular weight is 270 g/mol. The zero-order valence-corrected chi connectivity index (χ0v) is 12.4. The van der Waals surface area contributed by atoms with E-state index in [4.69, 9.17) is 5.11 Å². The summed E-state index contributed by atoms with van der Waals surface area (Å²) in [6.45, 7) is 9.34. The van der Waals surface area contributed by atoms with Crippen molar-refractivity contribution in [3.8, 4) is 0 Å². The monoisotopic (exact) mass is 270 g/mol. The molecule has 1 N–H and O–H groups in total. The number of aromatic nitrogens is 2. The Balaban J connectivity index is 2.89. The van der Waals surface area contributed by atoms with E-state index in [2.05, 4.69) is 32.8 Å². The number of aryl methyl sites for hydroxylation is 1. The van der Waals surface area contributed by atoms with Crippen LogP contribution < -0.4 is 0 Å². The summed E-state index contributed by atoms with van der Waals surface area (Å²) in [6, 6.07) is 2.02. The fourth-order valence-electron chi connectivity index (χ4n) is 1.49. The second-order valence-corrected chi connectivity index (χ2v) is 6.37. The van der Waals surface area contributed by atoms with Crippen molar-refractivity contribution < 1.29 is 9.90 Å². The Labute approximate surface area is 113 Å². The van der Waals surface area contributed by atoms with Crippen molar-refractivity contribution in [2.45, 2.75) is 57.5 Å². The van der Waals surface area contributed by atoms with Crippen LogP contribution in [0.4, 0.5) is 0 Å². The zero-order valence-electron chi connectivity index (χ0n) is 11.6. The van der Waals surface area contributed by atoms with Gasteiger partial charge in [0.05, 0.1) is 16.5 Å². The van der Waals surface area contributed by atoms with Crippen LogP contribution in [0.2, 0.25) is 0 Å². The van der Waals surface area contributed by atoms with Crippen LogP contribution in [0.25, 0.3) is 0 Å². The maximum atomic E-state index is 10.7. The lowest BCUT2D eigenvalue weighted by molar-refractivity contribution is -0.133. The molecule has 0 fully saturated rings. The summed E-state index contributed by atoms with van der Waals surface area (Å²) < 4.78 is 1.94. The fraction of sp³-hybridized carbons (Fsp3) is 0.692. The smallest absolute Gasteiger partial charge is 0.313 e. The molecule has 1 aromatic rings. The molecule has 102 valence electrons. The summed E-state index contributed by atoms with van der Waals surface area (Å²) in [6.07, 6.45) is 2.17. The van der Waals surface area contributed by atoms with Gasteiger partial charge in [-0.2, -0.15) is 5.10 Å². The quantitative estimate of drug-likeness (QED) is 0.807. The normalized spacial score (nSPS) is 11.8. The number of carboxylic acids is 1. The highest BCUT2D eigenvalue weighted by molar-refractivity contribution is 7.99. The Kier molecular flexibility index (Phi) is 5.26. The highest BCUT2D eigenvalue weighted by Gasteiger charge is 2.20. The third kappa shape index (κ3) is 4.37. The fourth-order valence-corrected chi connectivity index (χ4v) is 2.23. The Morgan fingerprint density at radius 1 is 1.50 bits per heavy atom. The molecule has 0 saturated carbocycles. The van der Waals surface area contributed by atoms with Gasteiger partial charge >= 0.3 is 5.97 Å². The summed E-state index contributed by atoms with van der Waals surface area (Å²) in [7, 11) is 0. The molecule has 0 aliphatic carbocycles. The summed E-state index contributed by atoms with van der Waals surface area (Å²) in [4.78, 5) is 10.7. The molecular weight excluding hydrogens is 248 g/mol. The predicted octanol–water partition coefficient (Wildman–Crippen LogP) is 3.16. The Bertz CT molecular complexity index is 408. The van der Waals surface area contributed by atoms with Crippen molar-refractivity contribution in [3.05, 3.63) is 11.8 Å². The maximum absolute atomic E-state index is 10.7. The minimum atomic E-state index is -0.791. The third-order valence-electron chi connectivity index (χ3n) is 2.58. The van der Waals surface area contributed by atoms with E-state index in [1.165, 1.54) is 11.8 Å². The highest BCUT2D eigenvalue weighted by Crippen LogP contribution is 2.27. The van der Waals surface area contributed by atoms with Crippen molar-refractivity contribution in [2.24, 2.45) is 0 Å². The number of carbonyl (C=O) groups is 1. The lowest BCUT2D eigenvalue weighted by atomic mass is 9.93. The average Bonchev–Trinajstić information content (AvgIpc) is 2.66. The number of hydrogen-bond donors (Lipinski definition) is 1. The lowest BCUT2D eigenvalue weighted by Gasteiger charge is -2.14. The molecule has 0 aromatic carbocycles. The van der Waals surface area contributed by atoms with E-state index in [1.54, 1.807) is 0 Å². The largest absolute Gasteiger partial charge is 0.481 e. The zero-order chi connectivity index (χ0) is 13.8. The minimum Gasteiger partial charge on any atom is -0.481 e. The summed E-state index contributed by atoms with van der Waals surface area (Å²) in [5, 5.41) is 14.3. The number of carboxylic acid groups (broad SMARTS) is 1. The maximum Gasteiger partial charge on any atom is 0.313 e.